The molecule has 2 rings (SSSR count). The lowest BCUT2D eigenvalue weighted by Gasteiger charge is -2.31. The highest BCUT2D eigenvalue weighted by atomic mass is 32.2. The summed E-state index contributed by atoms with van der Waals surface area (Å²) in [5, 5.41) is 2.95. The summed E-state index contributed by atoms with van der Waals surface area (Å²) in [4.78, 5) is 13.0. The second-order valence-corrected chi connectivity index (χ2v) is 8.75. The van der Waals surface area contributed by atoms with Gasteiger partial charge in [-0.05, 0) is 56.0 Å². The molecule has 6 heteroatoms. The summed E-state index contributed by atoms with van der Waals surface area (Å²) in [6, 6.07) is 14.0. The summed E-state index contributed by atoms with van der Waals surface area (Å²) in [5.41, 5.74) is 3.53. The van der Waals surface area contributed by atoms with Gasteiger partial charge in [-0.25, -0.2) is 8.42 Å². The van der Waals surface area contributed by atoms with Crippen LogP contribution in [0.4, 0.5) is 5.69 Å². The van der Waals surface area contributed by atoms with Crippen molar-refractivity contribution in [3.63, 3.8) is 0 Å². The summed E-state index contributed by atoms with van der Waals surface area (Å²) >= 11 is 0. The van der Waals surface area contributed by atoms with E-state index in [-0.39, 0.29) is 11.9 Å². The molecule has 2 atom stereocenters. The van der Waals surface area contributed by atoms with Crippen molar-refractivity contribution in [3.8, 4) is 0 Å². The van der Waals surface area contributed by atoms with Crippen LogP contribution in [0.25, 0.3) is 0 Å². The molecule has 0 heterocycles. The number of sulfonamides is 1. The Morgan fingerprint density at radius 1 is 1.07 bits per heavy atom. The zero-order chi connectivity index (χ0) is 20.2. The van der Waals surface area contributed by atoms with Crippen molar-refractivity contribution >= 4 is 21.6 Å². The van der Waals surface area contributed by atoms with Crippen LogP contribution in [0.5, 0.6) is 0 Å². The third kappa shape index (κ3) is 5.10. The first-order chi connectivity index (χ1) is 12.6. The van der Waals surface area contributed by atoms with Crippen LogP contribution in [0.15, 0.2) is 48.5 Å². The van der Waals surface area contributed by atoms with Crippen LogP contribution in [0, 0.1) is 13.8 Å². The van der Waals surface area contributed by atoms with Crippen molar-refractivity contribution in [2.45, 2.75) is 46.2 Å². The van der Waals surface area contributed by atoms with Crippen molar-refractivity contribution in [2.24, 2.45) is 0 Å². The summed E-state index contributed by atoms with van der Waals surface area (Å²) in [7, 11) is -3.63. The van der Waals surface area contributed by atoms with Gasteiger partial charge >= 0.3 is 0 Å². The van der Waals surface area contributed by atoms with Crippen molar-refractivity contribution in [2.75, 3.05) is 10.6 Å². The van der Waals surface area contributed by atoms with Crippen molar-refractivity contribution in [1.29, 1.82) is 0 Å². The molecule has 0 saturated carbocycles. The molecule has 0 radical (unpaired) electrons. The average Bonchev–Trinajstić information content (AvgIpc) is 2.61. The Morgan fingerprint density at radius 3 is 2.22 bits per heavy atom. The predicted octanol–water partition coefficient (Wildman–Crippen LogP) is 3.73. The van der Waals surface area contributed by atoms with Gasteiger partial charge in [0.1, 0.15) is 6.04 Å². The second kappa shape index (κ2) is 8.57. The Kier molecular flexibility index (Phi) is 6.65. The fourth-order valence-electron chi connectivity index (χ4n) is 3.06. The molecule has 0 aliphatic rings. The molecule has 1 amide bonds. The molecule has 0 fully saturated rings. The van der Waals surface area contributed by atoms with Crippen molar-refractivity contribution in [3.05, 3.63) is 65.2 Å². The van der Waals surface area contributed by atoms with Crippen LogP contribution in [-0.4, -0.2) is 26.6 Å². The van der Waals surface area contributed by atoms with Crippen LogP contribution in [-0.2, 0) is 14.8 Å². The summed E-state index contributed by atoms with van der Waals surface area (Å²) in [6.07, 6.45) is 1.51. The SMILES string of the molecule is CC[C@H](C(=O)N[C@H](C)c1ccccc1)N(c1ccc(C)c(C)c1)S(C)(=O)=O. The predicted molar refractivity (Wildman–Crippen MR) is 110 cm³/mol. The van der Waals surface area contributed by atoms with Crippen LogP contribution >= 0.6 is 0 Å². The van der Waals surface area contributed by atoms with E-state index in [4.69, 9.17) is 0 Å². The van der Waals surface area contributed by atoms with Gasteiger partial charge in [0.05, 0.1) is 18.0 Å². The Morgan fingerprint density at radius 2 is 1.70 bits per heavy atom. The molecule has 0 aromatic heterocycles. The molecule has 27 heavy (non-hydrogen) atoms. The van der Waals surface area contributed by atoms with E-state index >= 15 is 0 Å². The summed E-state index contributed by atoms with van der Waals surface area (Å²) in [5.74, 6) is -0.308. The van der Waals surface area contributed by atoms with Crippen molar-refractivity contribution in [1.82, 2.24) is 5.32 Å². The largest absolute Gasteiger partial charge is 0.348 e. The molecule has 0 aliphatic carbocycles. The molecular formula is C21H28N2O3S. The number of amides is 1. The Hall–Kier alpha value is -2.34. The molecule has 2 aromatic carbocycles. The smallest absolute Gasteiger partial charge is 0.244 e. The maximum Gasteiger partial charge on any atom is 0.244 e. The quantitative estimate of drug-likeness (QED) is 0.786. The first-order valence-electron chi connectivity index (χ1n) is 9.07. The second-order valence-electron chi connectivity index (χ2n) is 6.89. The Labute approximate surface area is 162 Å². The minimum absolute atomic E-state index is 0.214. The number of aryl methyl sites for hydroxylation is 2. The van der Waals surface area contributed by atoms with Gasteiger partial charge in [0.15, 0.2) is 0 Å². The Balaban J connectivity index is 2.34. The van der Waals surface area contributed by atoms with E-state index in [0.29, 0.717) is 12.1 Å². The number of carbonyl (C=O) groups excluding carboxylic acids is 1. The van der Waals surface area contributed by atoms with E-state index in [1.165, 1.54) is 4.31 Å². The average molecular weight is 389 g/mol. The number of anilines is 1. The fourth-order valence-corrected chi connectivity index (χ4v) is 4.26. The maximum atomic E-state index is 13.0. The number of benzene rings is 2. The molecule has 2 aromatic rings. The standard InChI is InChI=1S/C21H28N2O3S/c1-6-20(21(24)22-17(4)18-10-8-7-9-11-18)23(27(5,25)26)19-13-12-15(2)16(3)14-19/h7-14,17,20H,6H2,1-5H3,(H,22,24)/t17-,20-/m1/s1. The van der Waals surface area contributed by atoms with Crippen LogP contribution < -0.4 is 9.62 Å². The third-order valence-corrected chi connectivity index (χ3v) is 5.91. The van der Waals surface area contributed by atoms with Gasteiger partial charge < -0.3 is 5.32 Å². The molecule has 0 spiro atoms. The lowest BCUT2D eigenvalue weighted by molar-refractivity contribution is -0.122. The summed E-state index contributed by atoms with van der Waals surface area (Å²) < 4.78 is 26.3. The van der Waals surface area contributed by atoms with E-state index in [2.05, 4.69) is 5.32 Å². The van der Waals surface area contributed by atoms with Gasteiger partial charge in [0.2, 0.25) is 15.9 Å². The van der Waals surface area contributed by atoms with E-state index in [0.717, 1.165) is 22.9 Å². The third-order valence-electron chi connectivity index (χ3n) is 4.73. The molecule has 0 bridgehead atoms. The molecule has 5 nitrogen and oxygen atoms in total. The van der Waals surface area contributed by atoms with Crippen LogP contribution in [0.1, 0.15) is 43.0 Å². The number of carbonyl (C=O) groups is 1. The Bertz CT molecular complexity index is 895. The number of nitrogens with one attached hydrogen (secondary N) is 1. The normalized spacial score (nSPS) is 13.7. The van der Waals surface area contributed by atoms with Gasteiger partial charge in [-0.3, -0.25) is 9.10 Å². The number of rotatable bonds is 7. The van der Waals surface area contributed by atoms with E-state index in [1.807, 2.05) is 70.2 Å². The first-order valence-corrected chi connectivity index (χ1v) is 10.9. The van der Waals surface area contributed by atoms with Gasteiger partial charge in [0, 0.05) is 0 Å². The zero-order valence-electron chi connectivity index (χ0n) is 16.6. The maximum absolute atomic E-state index is 13.0. The minimum atomic E-state index is -3.63. The number of hydrogen-bond donors (Lipinski definition) is 1. The van der Waals surface area contributed by atoms with Gasteiger partial charge in [0.25, 0.3) is 0 Å². The van der Waals surface area contributed by atoms with Gasteiger partial charge in [-0.15, -0.1) is 0 Å². The molecular weight excluding hydrogens is 360 g/mol. The topological polar surface area (TPSA) is 66.5 Å². The lowest BCUT2D eigenvalue weighted by atomic mass is 10.1. The van der Waals surface area contributed by atoms with Gasteiger partial charge in [-0.2, -0.15) is 0 Å². The monoisotopic (exact) mass is 388 g/mol. The number of hydrogen-bond acceptors (Lipinski definition) is 3. The summed E-state index contributed by atoms with van der Waals surface area (Å²) in [6.45, 7) is 7.60. The zero-order valence-corrected chi connectivity index (χ0v) is 17.4. The first kappa shape index (κ1) is 21.0. The molecule has 0 saturated heterocycles. The molecule has 1 N–H and O–H groups in total. The fraction of sp³-hybridized carbons (Fsp3) is 0.381. The molecule has 146 valence electrons. The number of nitrogens with zero attached hydrogens (tertiary/aromatic N) is 1. The molecule has 0 unspecified atom stereocenters. The van der Waals surface area contributed by atoms with Crippen molar-refractivity contribution < 1.29 is 13.2 Å². The lowest BCUT2D eigenvalue weighted by Crippen LogP contribution is -2.49. The van der Waals surface area contributed by atoms with E-state index in [9.17, 15) is 13.2 Å². The minimum Gasteiger partial charge on any atom is -0.348 e. The van der Waals surface area contributed by atoms with E-state index in [1.54, 1.807) is 6.07 Å². The van der Waals surface area contributed by atoms with E-state index < -0.39 is 16.1 Å². The van der Waals surface area contributed by atoms with Gasteiger partial charge in [-0.1, -0.05) is 43.3 Å². The van der Waals surface area contributed by atoms with Crippen LogP contribution in [0.2, 0.25) is 0 Å². The highest BCUT2D eigenvalue weighted by Gasteiger charge is 2.32. The highest BCUT2D eigenvalue weighted by Crippen LogP contribution is 2.25. The van der Waals surface area contributed by atoms with Crippen LogP contribution in [0.3, 0.4) is 0 Å². The highest BCUT2D eigenvalue weighted by molar-refractivity contribution is 7.92. The molecule has 0 aliphatic heterocycles.